The van der Waals surface area contributed by atoms with Crippen molar-refractivity contribution in [2.24, 2.45) is 5.84 Å². The highest BCUT2D eigenvalue weighted by Crippen LogP contribution is 2.14. The SMILES string of the molecule is NNc1ccnc(C(=O)N2CCn3cnnc3C2)c1. The van der Waals surface area contributed by atoms with Crippen LogP contribution in [0.3, 0.4) is 0 Å². The Bertz CT molecular complexity index is 609. The molecule has 0 bridgehead atoms. The highest BCUT2D eigenvalue weighted by atomic mass is 16.2. The van der Waals surface area contributed by atoms with Gasteiger partial charge in [0.2, 0.25) is 0 Å². The molecule has 8 heteroatoms. The summed E-state index contributed by atoms with van der Waals surface area (Å²) in [6.45, 7) is 1.76. The summed E-state index contributed by atoms with van der Waals surface area (Å²) in [4.78, 5) is 18.1. The normalized spacial score (nSPS) is 14.1. The Kier molecular flexibility index (Phi) is 2.84. The van der Waals surface area contributed by atoms with E-state index in [-0.39, 0.29) is 5.91 Å². The van der Waals surface area contributed by atoms with E-state index in [4.69, 9.17) is 5.84 Å². The van der Waals surface area contributed by atoms with Crippen molar-refractivity contribution >= 4 is 11.6 Å². The van der Waals surface area contributed by atoms with Gasteiger partial charge in [0, 0.05) is 19.3 Å². The van der Waals surface area contributed by atoms with E-state index >= 15 is 0 Å². The number of anilines is 1. The molecule has 1 aliphatic heterocycles. The summed E-state index contributed by atoms with van der Waals surface area (Å²) in [5.41, 5.74) is 3.52. The van der Waals surface area contributed by atoms with Gasteiger partial charge in [-0.3, -0.25) is 15.6 Å². The van der Waals surface area contributed by atoms with Crippen LogP contribution in [0.1, 0.15) is 16.3 Å². The Balaban J connectivity index is 1.81. The number of aromatic nitrogens is 4. The van der Waals surface area contributed by atoms with Crippen molar-refractivity contribution in [1.82, 2.24) is 24.6 Å². The van der Waals surface area contributed by atoms with Crippen LogP contribution in [0.4, 0.5) is 5.69 Å². The molecule has 3 N–H and O–H groups in total. The smallest absolute Gasteiger partial charge is 0.272 e. The molecule has 0 atom stereocenters. The number of nitrogens with zero attached hydrogens (tertiary/aromatic N) is 5. The van der Waals surface area contributed by atoms with Gasteiger partial charge in [-0.25, -0.2) is 0 Å². The summed E-state index contributed by atoms with van der Waals surface area (Å²) >= 11 is 0. The number of fused-ring (bicyclic) bond motifs is 1. The van der Waals surface area contributed by atoms with Crippen molar-refractivity contribution in [3.63, 3.8) is 0 Å². The van der Waals surface area contributed by atoms with Crippen molar-refractivity contribution in [2.75, 3.05) is 12.0 Å². The third kappa shape index (κ3) is 2.13. The first kappa shape index (κ1) is 11.6. The van der Waals surface area contributed by atoms with Gasteiger partial charge in [-0.05, 0) is 12.1 Å². The number of rotatable bonds is 2. The molecule has 1 amide bonds. The highest BCUT2D eigenvalue weighted by molar-refractivity contribution is 5.93. The van der Waals surface area contributed by atoms with E-state index in [1.807, 2.05) is 4.57 Å². The van der Waals surface area contributed by atoms with Crippen LogP contribution in [0, 0.1) is 0 Å². The predicted octanol–water partition coefficient (Wildman–Crippen LogP) is -0.385. The largest absolute Gasteiger partial charge is 0.328 e. The van der Waals surface area contributed by atoms with Crippen molar-refractivity contribution in [3.05, 3.63) is 36.2 Å². The van der Waals surface area contributed by atoms with Gasteiger partial charge in [-0.15, -0.1) is 10.2 Å². The molecule has 2 aromatic heterocycles. The first-order chi connectivity index (χ1) is 9.28. The minimum absolute atomic E-state index is 0.133. The van der Waals surface area contributed by atoms with Crippen LogP contribution in [0.25, 0.3) is 0 Å². The molecule has 0 fully saturated rings. The summed E-state index contributed by atoms with van der Waals surface area (Å²) in [7, 11) is 0. The maximum Gasteiger partial charge on any atom is 0.272 e. The van der Waals surface area contributed by atoms with E-state index in [1.165, 1.54) is 0 Å². The van der Waals surface area contributed by atoms with Crippen LogP contribution in [0.5, 0.6) is 0 Å². The molecule has 0 radical (unpaired) electrons. The molecular formula is C11H13N7O. The molecule has 2 aromatic rings. The molecule has 1 aliphatic rings. The Morgan fingerprint density at radius 2 is 2.32 bits per heavy atom. The minimum atomic E-state index is -0.133. The van der Waals surface area contributed by atoms with Gasteiger partial charge in [-0.2, -0.15) is 0 Å². The molecule has 0 spiro atoms. The number of nitrogens with two attached hydrogens (primary N) is 1. The quantitative estimate of drug-likeness (QED) is 0.563. The van der Waals surface area contributed by atoms with Gasteiger partial charge in [0.15, 0.2) is 5.82 Å². The van der Waals surface area contributed by atoms with E-state index in [0.29, 0.717) is 31.0 Å². The summed E-state index contributed by atoms with van der Waals surface area (Å²) in [5.74, 6) is 5.97. The Morgan fingerprint density at radius 1 is 1.42 bits per heavy atom. The van der Waals surface area contributed by atoms with Gasteiger partial charge in [0.05, 0.1) is 12.2 Å². The summed E-state index contributed by atoms with van der Waals surface area (Å²) in [5, 5.41) is 7.81. The van der Waals surface area contributed by atoms with Gasteiger partial charge < -0.3 is 14.9 Å². The summed E-state index contributed by atoms with van der Waals surface area (Å²) in [6.07, 6.45) is 3.23. The third-order valence-electron chi connectivity index (χ3n) is 3.07. The Labute approximate surface area is 109 Å². The molecular weight excluding hydrogens is 246 g/mol. The fraction of sp³-hybridized carbons (Fsp3) is 0.273. The number of nitrogens with one attached hydrogen (secondary N) is 1. The van der Waals surface area contributed by atoms with E-state index in [1.54, 1.807) is 29.6 Å². The zero-order chi connectivity index (χ0) is 13.2. The molecule has 3 rings (SSSR count). The van der Waals surface area contributed by atoms with Crippen LogP contribution in [-0.2, 0) is 13.1 Å². The first-order valence-corrected chi connectivity index (χ1v) is 5.86. The average molecular weight is 259 g/mol. The number of hydrogen-bond donors (Lipinski definition) is 2. The predicted molar refractivity (Wildman–Crippen MR) is 66.8 cm³/mol. The fourth-order valence-corrected chi connectivity index (χ4v) is 2.04. The van der Waals surface area contributed by atoms with Crippen molar-refractivity contribution in [3.8, 4) is 0 Å². The summed E-state index contributed by atoms with van der Waals surface area (Å²) < 4.78 is 1.94. The Morgan fingerprint density at radius 3 is 3.16 bits per heavy atom. The van der Waals surface area contributed by atoms with Gasteiger partial charge >= 0.3 is 0 Å². The van der Waals surface area contributed by atoms with Crippen LogP contribution >= 0.6 is 0 Å². The molecule has 0 saturated carbocycles. The van der Waals surface area contributed by atoms with E-state index in [0.717, 1.165) is 5.82 Å². The van der Waals surface area contributed by atoms with Gasteiger partial charge in [-0.1, -0.05) is 0 Å². The lowest BCUT2D eigenvalue weighted by molar-refractivity contribution is 0.0701. The van der Waals surface area contributed by atoms with Crippen LogP contribution < -0.4 is 11.3 Å². The fourth-order valence-electron chi connectivity index (χ4n) is 2.04. The van der Waals surface area contributed by atoms with Crippen LogP contribution in [-0.4, -0.2) is 37.1 Å². The summed E-state index contributed by atoms with van der Waals surface area (Å²) in [6, 6.07) is 3.32. The lowest BCUT2D eigenvalue weighted by atomic mass is 10.2. The average Bonchev–Trinajstić information content (AvgIpc) is 2.94. The molecule has 0 saturated heterocycles. The molecule has 19 heavy (non-hydrogen) atoms. The Hall–Kier alpha value is -2.48. The van der Waals surface area contributed by atoms with Crippen LogP contribution in [0.2, 0.25) is 0 Å². The monoisotopic (exact) mass is 259 g/mol. The molecule has 0 aromatic carbocycles. The molecule has 0 aliphatic carbocycles. The lowest BCUT2D eigenvalue weighted by Crippen LogP contribution is -2.38. The van der Waals surface area contributed by atoms with Crippen molar-refractivity contribution in [2.45, 2.75) is 13.1 Å². The number of hydrogen-bond acceptors (Lipinski definition) is 6. The van der Waals surface area contributed by atoms with E-state index in [2.05, 4.69) is 20.6 Å². The third-order valence-corrected chi connectivity index (χ3v) is 3.07. The minimum Gasteiger partial charge on any atom is -0.328 e. The number of carbonyl (C=O) groups is 1. The maximum absolute atomic E-state index is 12.3. The standard InChI is InChI=1S/C11H13N7O/c12-15-8-1-2-13-9(5-8)11(19)17-3-4-18-7-14-16-10(18)6-17/h1-2,5,7H,3-4,6,12H2,(H,13,15). The second-order valence-corrected chi connectivity index (χ2v) is 4.24. The molecule has 98 valence electrons. The maximum atomic E-state index is 12.3. The number of amides is 1. The second-order valence-electron chi connectivity index (χ2n) is 4.24. The zero-order valence-electron chi connectivity index (χ0n) is 10.2. The molecule has 8 nitrogen and oxygen atoms in total. The number of hydrazine groups is 1. The number of pyridine rings is 1. The van der Waals surface area contributed by atoms with Gasteiger partial charge in [0.1, 0.15) is 12.0 Å². The van der Waals surface area contributed by atoms with Crippen LogP contribution in [0.15, 0.2) is 24.7 Å². The molecule has 0 unspecified atom stereocenters. The lowest BCUT2D eigenvalue weighted by Gasteiger charge is -2.26. The number of carbonyl (C=O) groups excluding carboxylic acids is 1. The molecule has 3 heterocycles. The first-order valence-electron chi connectivity index (χ1n) is 5.86. The highest BCUT2D eigenvalue weighted by Gasteiger charge is 2.23. The van der Waals surface area contributed by atoms with Crippen molar-refractivity contribution in [1.29, 1.82) is 0 Å². The second kappa shape index (κ2) is 4.65. The van der Waals surface area contributed by atoms with Crippen molar-refractivity contribution < 1.29 is 4.79 Å². The van der Waals surface area contributed by atoms with E-state index in [9.17, 15) is 4.79 Å². The van der Waals surface area contributed by atoms with E-state index < -0.39 is 0 Å². The number of nitrogen functional groups attached to an aromatic ring is 1. The topological polar surface area (TPSA) is 102 Å². The zero-order valence-corrected chi connectivity index (χ0v) is 10.2. The van der Waals surface area contributed by atoms with Gasteiger partial charge in [0.25, 0.3) is 5.91 Å².